The fourth-order valence-corrected chi connectivity index (χ4v) is 2.19. The number of carbonyl (C=O) groups is 3. The maximum atomic E-state index is 12.5. The lowest BCUT2D eigenvalue weighted by Crippen LogP contribution is -2.45. The van der Waals surface area contributed by atoms with Crippen LogP contribution in [0.2, 0.25) is 0 Å². The summed E-state index contributed by atoms with van der Waals surface area (Å²) in [6.07, 6.45) is -0.526. The van der Waals surface area contributed by atoms with E-state index in [9.17, 15) is 14.4 Å². The zero-order valence-electron chi connectivity index (χ0n) is 14.7. The van der Waals surface area contributed by atoms with E-state index < -0.39 is 29.8 Å². The monoisotopic (exact) mass is 348 g/mol. The lowest BCUT2D eigenvalue weighted by atomic mass is 10.1. The number of rotatable bonds is 10. The number of ketones is 1. The molecule has 0 heterocycles. The Hall–Kier alpha value is -2.54. The lowest BCUT2D eigenvalue weighted by molar-refractivity contribution is -0.152. The fourth-order valence-electron chi connectivity index (χ4n) is 2.19. The molecule has 0 saturated heterocycles. The van der Waals surface area contributed by atoms with Crippen molar-refractivity contribution in [3.63, 3.8) is 0 Å². The van der Waals surface area contributed by atoms with Crippen LogP contribution < -0.4 is 5.32 Å². The average Bonchev–Trinajstić information content (AvgIpc) is 2.59. The number of carbonyl (C=O) groups excluding carboxylic acids is 3. The smallest absolute Gasteiger partial charge is 0.328 e. The maximum Gasteiger partial charge on any atom is 0.328 e. The van der Waals surface area contributed by atoms with E-state index in [-0.39, 0.29) is 18.9 Å². The lowest BCUT2D eigenvalue weighted by Gasteiger charge is -2.22. The van der Waals surface area contributed by atoms with E-state index in [1.165, 1.54) is 7.11 Å². The number of Topliss-reactive ketones (excluding diaryl/α,β-unsaturated/α-hetero) is 1. The molecular weight excluding hydrogens is 324 g/mol. The zero-order valence-corrected chi connectivity index (χ0v) is 14.7. The van der Waals surface area contributed by atoms with Crippen LogP contribution in [0.25, 0.3) is 0 Å². The minimum absolute atomic E-state index is 0.0371. The third-order valence-electron chi connectivity index (χ3n) is 3.37. The van der Waals surface area contributed by atoms with Crippen LogP contribution in [0.5, 0.6) is 0 Å². The minimum Gasteiger partial charge on any atom is -0.461 e. The number of hydrogen-bond acceptors (Lipinski definition) is 6. The topological polar surface area (TPSA) is 106 Å². The molecule has 7 nitrogen and oxygen atoms in total. The first-order valence-electron chi connectivity index (χ1n) is 8.01. The summed E-state index contributed by atoms with van der Waals surface area (Å²) in [6.45, 7) is 3.39. The molecule has 1 aromatic rings. The highest BCUT2D eigenvalue weighted by Crippen LogP contribution is 2.17. The number of methoxy groups -OCH3 is 1. The van der Waals surface area contributed by atoms with Gasteiger partial charge in [0.2, 0.25) is 0 Å². The second-order valence-corrected chi connectivity index (χ2v) is 5.72. The van der Waals surface area contributed by atoms with Gasteiger partial charge in [-0.2, -0.15) is 0 Å². The largest absolute Gasteiger partial charge is 0.461 e. The van der Waals surface area contributed by atoms with Crippen molar-refractivity contribution in [3.8, 4) is 0 Å². The first kappa shape index (κ1) is 20.5. The predicted octanol–water partition coefficient (Wildman–Crippen LogP) is 1.81. The van der Waals surface area contributed by atoms with Crippen molar-refractivity contribution in [2.75, 3.05) is 7.11 Å². The van der Waals surface area contributed by atoms with Crippen molar-refractivity contribution in [2.45, 2.75) is 44.9 Å². The van der Waals surface area contributed by atoms with E-state index in [0.29, 0.717) is 11.8 Å². The molecular formula is C18H24N2O5. The molecule has 2 N–H and O–H groups in total. The van der Waals surface area contributed by atoms with Gasteiger partial charge < -0.3 is 20.2 Å². The molecule has 0 aliphatic carbocycles. The van der Waals surface area contributed by atoms with Crippen LogP contribution in [0.1, 0.15) is 38.4 Å². The summed E-state index contributed by atoms with van der Waals surface area (Å²) in [4.78, 5) is 36.0. The Morgan fingerprint density at radius 1 is 1.20 bits per heavy atom. The van der Waals surface area contributed by atoms with E-state index in [0.717, 1.165) is 0 Å². The highest BCUT2D eigenvalue weighted by molar-refractivity contribution is 6.26. The van der Waals surface area contributed by atoms with Gasteiger partial charge in [0.25, 0.3) is 5.91 Å². The Bertz CT molecular complexity index is 601. The van der Waals surface area contributed by atoms with Crippen LogP contribution in [-0.2, 0) is 23.9 Å². The Morgan fingerprint density at radius 3 is 2.36 bits per heavy atom. The van der Waals surface area contributed by atoms with Gasteiger partial charge in [-0.05, 0) is 25.8 Å². The first-order chi connectivity index (χ1) is 11.9. The van der Waals surface area contributed by atoms with Crippen LogP contribution in [-0.4, -0.2) is 43.1 Å². The second-order valence-electron chi connectivity index (χ2n) is 5.72. The molecule has 0 fully saturated rings. The molecule has 2 atom stereocenters. The summed E-state index contributed by atoms with van der Waals surface area (Å²) >= 11 is 0. The van der Waals surface area contributed by atoms with Crippen LogP contribution in [0.3, 0.4) is 0 Å². The molecule has 0 unspecified atom stereocenters. The Kier molecular flexibility index (Phi) is 8.49. The molecule has 0 bridgehead atoms. The average molecular weight is 348 g/mol. The van der Waals surface area contributed by atoms with Gasteiger partial charge in [-0.15, -0.1) is 0 Å². The van der Waals surface area contributed by atoms with E-state index in [2.05, 4.69) is 5.32 Å². The molecule has 7 heteroatoms. The summed E-state index contributed by atoms with van der Waals surface area (Å²) in [6, 6.07) is 7.88. The van der Waals surface area contributed by atoms with Crippen molar-refractivity contribution in [3.05, 3.63) is 35.9 Å². The second kappa shape index (κ2) is 10.4. The number of nitrogens with one attached hydrogen (secondary N) is 2. The van der Waals surface area contributed by atoms with Gasteiger partial charge in [0, 0.05) is 13.5 Å². The van der Waals surface area contributed by atoms with Gasteiger partial charge in [-0.25, -0.2) is 4.79 Å². The molecule has 136 valence electrons. The van der Waals surface area contributed by atoms with Gasteiger partial charge in [0.15, 0.2) is 11.9 Å². The first-order valence-corrected chi connectivity index (χ1v) is 8.01. The van der Waals surface area contributed by atoms with Crippen molar-refractivity contribution in [2.24, 2.45) is 0 Å². The van der Waals surface area contributed by atoms with Gasteiger partial charge in [-0.1, -0.05) is 30.3 Å². The number of esters is 1. The Morgan fingerprint density at radius 2 is 1.84 bits per heavy atom. The third-order valence-corrected chi connectivity index (χ3v) is 3.37. The van der Waals surface area contributed by atoms with Gasteiger partial charge in [0.1, 0.15) is 6.04 Å². The zero-order chi connectivity index (χ0) is 18.8. The van der Waals surface area contributed by atoms with Crippen LogP contribution in [0, 0.1) is 5.41 Å². The minimum atomic E-state index is -0.986. The summed E-state index contributed by atoms with van der Waals surface area (Å²) in [5.74, 6) is -1.55. The van der Waals surface area contributed by atoms with Crippen molar-refractivity contribution in [1.29, 1.82) is 5.41 Å². The van der Waals surface area contributed by atoms with Crippen molar-refractivity contribution < 1.29 is 23.9 Å². The van der Waals surface area contributed by atoms with Crippen molar-refractivity contribution >= 4 is 23.9 Å². The summed E-state index contributed by atoms with van der Waals surface area (Å²) < 4.78 is 10.4. The molecule has 0 aliphatic heterocycles. The fraction of sp³-hybridized carbons (Fsp3) is 0.444. The summed E-state index contributed by atoms with van der Waals surface area (Å²) in [7, 11) is 1.40. The molecule has 0 radical (unpaired) electrons. The Balaban J connectivity index is 2.86. The normalized spacial score (nSPS) is 13.0. The Labute approximate surface area is 147 Å². The van der Waals surface area contributed by atoms with E-state index >= 15 is 0 Å². The van der Waals surface area contributed by atoms with E-state index in [4.69, 9.17) is 14.9 Å². The highest BCUT2D eigenvalue weighted by atomic mass is 16.5. The number of hydrogen-bond donors (Lipinski definition) is 2. The van der Waals surface area contributed by atoms with Gasteiger partial charge in [-0.3, -0.25) is 9.59 Å². The number of amides is 1. The van der Waals surface area contributed by atoms with Gasteiger partial charge >= 0.3 is 5.97 Å². The van der Waals surface area contributed by atoms with E-state index in [1.807, 2.05) is 6.07 Å². The molecule has 25 heavy (non-hydrogen) atoms. The number of benzene rings is 1. The molecule has 1 amide bonds. The molecule has 1 aromatic carbocycles. The van der Waals surface area contributed by atoms with Crippen LogP contribution in [0.4, 0.5) is 0 Å². The molecule has 0 aromatic heterocycles. The highest BCUT2D eigenvalue weighted by Gasteiger charge is 2.28. The third kappa shape index (κ3) is 6.84. The SMILES string of the molecule is CO[C@H](C(=O)N[C@@H](CCC(=O)C=N)C(=O)OC(C)C)c1ccccc1. The molecule has 0 saturated carbocycles. The predicted molar refractivity (Wildman–Crippen MR) is 92.4 cm³/mol. The molecule has 0 spiro atoms. The maximum absolute atomic E-state index is 12.5. The van der Waals surface area contributed by atoms with E-state index in [1.54, 1.807) is 38.1 Å². The van der Waals surface area contributed by atoms with Crippen molar-refractivity contribution in [1.82, 2.24) is 5.32 Å². The van der Waals surface area contributed by atoms with Crippen LogP contribution >= 0.6 is 0 Å². The quantitative estimate of drug-likeness (QED) is 0.495. The van der Waals surface area contributed by atoms with Crippen LogP contribution in [0.15, 0.2) is 30.3 Å². The summed E-state index contributed by atoms with van der Waals surface area (Å²) in [5, 5.41) is 9.51. The molecule has 1 rings (SSSR count). The molecule has 0 aliphatic rings. The number of ether oxygens (including phenoxy) is 2. The standard InChI is InChI=1S/C18H24N2O5/c1-12(2)25-18(23)15(10-9-14(21)11-19)20-17(22)16(24-3)13-7-5-4-6-8-13/h4-8,11-12,15-16,19H,9-10H2,1-3H3,(H,20,22)/t15-,16-/m0/s1. The van der Waals surface area contributed by atoms with Gasteiger partial charge in [0.05, 0.1) is 12.3 Å². The summed E-state index contributed by atoms with van der Waals surface area (Å²) in [5.41, 5.74) is 0.647.